The molecule has 25 heavy (non-hydrogen) atoms. The van der Waals surface area contributed by atoms with E-state index in [4.69, 9.17) is 9.47 Å². The SMILES string of the molecule is COCCCN(Cc1cccc(C)c1)C[C@@H](O)COc1ccccc1. The molecule has 0 fully saturated rings. The maximum absolute atomic E-state index is 10.4. The summed E-state index contributed by atoms with van der Waals surface area (Å²) < 4.78 is 10.8. The number of hydrogen-bond acceptors (Lipinski definition) is 4. The van der Waals surface area contributed by atoms with Crippen molar-refractivity contribution in [2.45, 2.75) is 26.0 Å². The van der Waals surface area contributed by atoms with Crippen LogP contribution >= 0.6 is 0 Å². The Morgan fingerprint density at radius 3 is 2.60 bits per heavy atom. The van der Waals surface area contributed by atoms with Gasteiger partial charge in [0.1, 0.15) is 18.5 Å². The summed E-state index contributed by atoms with van der Waals surface area (Å²) in [6.07, 6.45) is 0.404. The molecular weight excluding hydrogens is 314 g/mol. The van der Waals surface area contributed by atoms with E-state index in [0.717, 1.165) is 31.9 Å². The fraction of sp³-hybridized carbons (Fsp3) is 0.429. The normalized spacial score (nSPS) is 12.3. The lowest BCUT2D eigenvalue weighted by atomic mass is 10.1. The van der Waals surface area contributed by atoms with Crippen LogP contribution in [0.2, 0.25) is 0 Å². The maximum Gasteiger partial charge on any atom is 0.119 e. The summed E-state index contributed by atoms with van der Waals surface area (Å²) in [6, 6.07) is 18.1. The van der Waals surface area contributed by atoms with Gasteiger partial charge < -0.3 is 14.6 Å². The Balaban J connectivity index is 1.87. The third-order valence-electron chi connectivity index (χ3n) is 3.97. The highest BCUT2D eigenvalue weighted by Crippen LogP contribution is 2.11. The van der Waals surface area contributed by atoms with E-state index in [1.54, 1.807) is 7.11 Å². The lowest BCUT2D eigenvalue weighted by Crippen LogP contribution is -2.36. The van der Waals surface area contributed by atoms with Gasteiger partial charge in [0, 0.05) is 33.4 Å². The quantitative estimate of drug-likeness (QED) is 0.636. The minimum Gasteiger partial charge on any atom is -0.491 e. The summed E-state index contributed by atoms with van der Waals surface area (Å²) in [5, 5.41) is 10.4. The third kappa shape index (κ3) is 7.69. The van der Waals surface area contributed by atoms with Gasteiger partial charge >= 0.3 is 0 Å². The molecule has 0 radical (unpaired) electrons. The summed E-state index contributed by atoms with van der Waals surface area (Å²) in [5.41, 5.74) is 2.51. The van der Waals surface area contributed by atoms with Gasteiger partial charge in [-0.15, -0.1) is 0 Å². The van der Waals surface area contributed by atoms with Gasteiger partial charge in [-0.2, -0.15) is 0 Å². The zero-order valence-corrected chi connectivity index (χ0v) is 15.2. The van der Waals surface area contributed by atoms with Gasteiger partial charge in [0.2, 0.25) is 0 Å². The monoisotopic (exact) mass is 343 g/mol. The van der Waals surface area contributed by atoms with Crippen LogP contribution in [0.5, 0.6) is 5.75 Å². The average molecular weight is 343 g/mol. The van der Waals surface area contributed by atoms with Crippen molar-refractivity contribution < 1.29 is 14.6 Å². The Morgan fingerprint density at radius 1 is 1.08 bits per heavy atom. The largest absolute Gasteiger partial charge is 0.491 e. The van der Waals surface area contributed by atoms with E-state index in [2.05, 4.69) is 36.1 Å². The third-order valence-corrected chi connectivity index (χ3v) is 3.97. The Morgan fingerprint density at radius 2 is 1.88 bits per heavy atom. The molecule has 0 saturated carbocycles. The number of nitrogens with zero attached hydrogens (tertiary/aromatic N) is 1. The minimum absolute atomic E-state index is 0.290. The molecule has 2 aromatic rings. The molecule has 4 heteroatoms. The van der Waals surface area contributed by atoms with Gasteiger partial charge in [-0.05, 0) is 31.0 Å². The number of ether oxygens (including phenoxy) is 2. The number of methoxy groups -OCH3 is 1. The molecule has 4 nitrogen and oxygen atoms in total. The van der Waals surface area contributed by atoms with Crippen LogP contribution in [0.3, 0.4) is 0 Å². The van der Waals surface area contributed by atoms with Crippen molar-refractivity contribution in [1.82, 2.24) is 4.90 Å². The van der Waals surface area contributed by atoms with Gasteiger partial charge in [-0.1, -0.05) is 48.0 Å². The Hall–Kier alpha value is -1.88. The smallest absolute Gasteiger partial charge is 0.119 e. The van der Waals surface area contributed by atoms with Crippen LogP contribution in [-0.4, -0.2) is 49.5 Å². The van der Waals surface area contributed by atoms with Gasteiger partial charge in [0.05, 0.1) is 0 Å². The van der Waals surface area contributed by atoms with Gasteiger partial charge in [0.25, 0.3) is 0 Å². The van der Waals surface area contributed by atoms with Crippen molar-refractivity contribution in [3.05, 3.63) is 65.7 Å². The van der Waals surface area contributed by atoms with E-state index in [9.17, 15) is 5.11 Å². The first-order chi connectivity index (χ1) is 12.2. The second-order valence-electron chi connectivity index (χ2n) is 6.35. The minimum atomic E-state index is -0.535. The molecule has 0 aromatic heterocycles. The lowest BCUT2D eigenvalue weighted by Gasteiger charge is -2.25. The molecule has 0 heterocycles. The van der Waals surface area contributed by atoms with Crippen LogP contribution in [0.1, 0.15) is 17.5 Å². The molecule has 1 atom stereocenters. The second-order valence-corrected chi connectivity index (χ2v) is 6.35. The zero-order chi connectivity index (χ0) is 17.9. The van der Waals surface area contributed by atoms with Crippen LogP contribution in [0.25, 0.3) is 0 Å². The van der Waals surface area contributed by atoms with Crippen molar-refractivity contribution in [2.24, 2.45) is 0 Å². The fourth-order valence-corrected chi connectivity index (χ4v) is 2.80. The van der Waals surface area contributed by atoms with E-state index in [1.165, 1.54) is 11.1 Å². The van der Waals surface area contributed by atoms with Crippen molar-refractivity contribution in [3.63, 3.8) is 0 Å². The molecule has 136 valence electrons. The number of para-hydroxylation sites is 1. The predicted molar refractivity (Wildman–Crippen MR) is 101 cm³/mol. The second kappa shape index (κ2) is 10.9. The summed E-state index contributed by atoms with van der Waals surface area (Å²) >= 11 is 0. The van der Waals surface area contributed by atoms with E-state index < -0.39 is 6.10 Å². The number of aryl methyl sites for hydroxylation is 1. The van der Waals surface area contributed by atoms with Crippen LogP contribution < -0.4 is 4.74 Å². The van der Waals surface area contributed by atoms with Crippen molar-refractivity contribution >= 4 is 0 Å². The molecule has 0 bridgehead atoms. The van der Waals surface area contributed by atoms with Crippen LogP contribution in [0.4, 0.5) is 0 Å². The number of hydrogen-bond donors (Lipinski definition) is 1. The number of benzene rings is 2. The van der Waals surface area contributed by atoms with Crippen molar-refractivity contribution in [1.29, 1.82) is 0 Å². The van der Waals surface area contributed by atoms with Crippen LogP contribution in [-0.2, 0) is 11.3 Å². The number of rotatable bonds is 11. The Labute approximate surface area is 151 Å². The highest BCUT2D eigenvalue weighted by Gasteiger charge is 2.13. The first-order valence-electron chi connectivity index (χ1n) is 8.80. The lowest BCUT2D eigenvalue weighted by molar-refractivity contribution is 0.0617. The standard InChI is InChI=1S/C21H29NO3/c1-18-8-6-9-19(14-18)15-22(12-7-13-24-2)16-20(23)17-25-21-10-4-3-5-11-21/h3-6,8-11,14,20,23H,7,12-13,15-17H2,1-2H3/t20-/m1/s1. The van der Waals surface area contributed by atoms with E-state index in [-0.39, 0.29) is 0 Å². The Bertz CT molecular complexity index is 603. The number of aliphatic hydroxyl groups is 1. The molecule has 0 amide bonds. The zero-order valence-electron chi connectivity index (χ0n) is 15.2. The highest BCUT2D eigenvalue weighted by atomic mass is 16.5. The molecule has 2 aromatic carbocycles. The van der Waals surface area contributed by atoms with Crippen molar-refractivity contribution in [2.75, 3.05) is 33.4 Å². The summed E-state index contributed by atoms with van der Waals surface area (Å²) in [7, 11) is 1.72. The van der Waals surface area contributed by atoms with E-state index in [1.807, 2.05) is 30.3 Å². The molecule has 0 aliphatic carbocycles. The van der Waals surface area contributed by atoms with E-state index >= 15 is 0 Å². The highest BCUT2D eigenvalue weighted by molar-refractivity contribution is 5.22. The topological polar surface area (TPSA) is 41.9 Å². The molecule has 0 aliphatic heterocycles. The van der Waals surface area contributed by atoms with E-state index in [0.29, 0.717) is 13.2 Å². The summed E-state index contributed by atoms with van der Waals surface area (Å²) in [4.78, 5) is 2.26. The van der Waals surface area contributed by atoms with Crippen LogP contribution in [0, 0.1) is 6.92 Å². The summed E-state index contributed by atoms with van der Waals surface area (Å²) in [6.45, 7) is 5.38. The molecular formula is C21H29NO3. The molecule has 1 N–H and O–H groups in total. The molecule has 0 spiro atoms. The first kappa shape index (κ1) is 19.4. The van der Waals surface area contributed by atoms with Gasteiger partial charge in [-0.3, -0.25) is 4.90 Å². The molecule has 0 unspecified atom stereocenters. The van der Waals surface area contributed by atoms with Crippen molar-refractivity contribution in [3.8, 4) is 5.75 Å². The van der Waals surface area contributed by atoms with Crippen LogP contribution in [0.15, 0.2) is 54.6 Å². The molecule has 2 rings (SSSR count). The number of aliphatic hydroxyl groups excluding tert-OH is 1. The average Bonchev–Trinajstić information content (AvgIpc) is 2.61. The first-order valence-corrected chi connectivity index (χ1v) is 8.80. The maximum atomic E-state index is 10.4. The Kier molecular flexibility index (Phi) is 8.46. The fourth-order valence-electron chi connectivity index (χ4n) is 2.80. The summed E-state index contributed by atoms with van der Waals surface area (Å²) in [5.74, 6) is 0.783. The van der Waals surface area contributed by atoms with Gasteiger partial charge in [-0.25, -0.2) is 0 Å². The molecule has 0 saturated heterocycles. The predicted octanol–water partition coefficient (Wildman–Crippen LogP) is 3.27. The van der Waals surface area contributed by atoms with Gasteiger partial charge in [0.15, 0.2) is 0 Å². The molecule has 0 aliphatic rings.